The highest BCUT2D eigenvalue weighted by Crippen LogP contribution is 1.84. The molecule has 3 heteroatoms. The molecule has 0 aliphatic rings. The third-order valence-corrected chi connectivity index (χ3v) is 1.01. The van der Waals surface area contributed by atoms with E-state index in [1.54, 1.807) is 0 Å². The highest BCUT2D eigenvalue weighted by atomic mass is 16.5. The molecule has 3 nitrogen and oxygen atoms in total. The Bertz CT molecular complexity index is 132. The van der Waals surface area contributed by atoms with Gasteiger partial charge in [0.05, 0.1) is 7.11 Å². The van der Waals surface area contributed by atoms with Gasteiger partial charge in [-0.2, -0.15) is 0 Å². The molecule has 0 aliphatic carbocycles. The Morgan fingerprint density at radius 3 is 2.70 bits per heavy atom. The summed E-state index contributed by atoms with van der Waals surface area (Å²) in [5.74, 6) is 0. The van der Waals surface area contributed by atoms with E-state index in [0.717, 1.165) is 0 Å². The molecule has 1 amide bonds. The molecule has 0 bridgehead atoms. The number of hydrogen-bond donors (Lipinski definition) is 1. The third-order valence-electron chi connectivity index (χ3n) is 1.01. The summed E-state index contributed by atoms with van der Waals surface area (Å²) >= 11 is 0. The molecule has 0 aliphatic heterocycles. The molecule has 0 heterocycles. The molecular formula is C7H13NO2. The van der Waals surface area contributed by atoms with Gasteiger partial charge in [0.25, 0.3) is 0 Å². The molecule has 1 unspecified atom stereocenters. The lowest BCUT2D eigenvalue weighted by Crippen LogP contribution is -2.30. The highest BCUT2D eigenvalue weighted by Gasteiger charge is 2.00. The maximum atomic E-state index is 10.5. The Kier molecular flexibility index (Phi) is 4.37. The molecule has 1 atom stereocenters. The molecule has 0 fully saturated rings. The molecule has 0 spiro atoms. The lowest BCUT2D eigenvalue weighted by Gasteiger charge is -2.06. The van der Waals surface area contributed by atoms with Crippen LogP contribution in [0.2, 0.25) is 0 Å². The summed E-state index contributed by atoms with van der Waals surface area (Å²) in [6, 6.07) is 0.0393. The van der Waals surface area contributed by atoms with Gasteiger partial charge in [0.15, 0.2) is 0 Å². The number of carbonyl (C=O) groups is 1. The van der Waals surface area contributed by atoms with Crippen LogP contribution in [0.25, 0.3) is 0 Å². The Hall–Kier alpha value is -0.990. The van der Waals surface area contributed by atoms with Crippen molar-refractivity contribution in [3.05, 3.63) is 12.2 Å². The largest absolute Gasteiger partial charge is 0.453 e. The van der Waals surface area contributed by atoms with E-state index in [1.165, 1.54) is 7.11 Å². The molecule has 58 valence electrons. The number of ether oxygens (including phenoxy) is 1. The Labute approximate surface area is 61.1 Å². The minimum Gasteiger partial charge on any atom is -0.453 e. The van der Waals surface area contributed by atoms with E-state index in [1.807, 2.05) is 26.0 Å². The molecule has 0 saturated carbocycles. The SMILES string of the molecule is C/C=C/C(C)NC(=O)OC. The van der Waals surface area contributed by atoms with Gasteiger partial charge < -0.3 is 10.1 Å². The van der Waals surface area contributed by atoms with Crippen molar-refractivity contribution in [2.75, 3.05) is 7.11 Å². The van der Waals surface area contributed by atoms with Crippen LogP contribution in [0.4, 0.5) is 4.79 Å². The van der Waals surface area contributed by atoms with E-state index >= 15 is 0 Å². The Morgan fingerprint density at radius 1 is 1.70 bits per heavy atom. The number of rotatable bonds is 2. The normalized spacial score (nSPS) is 13.1. The van der Waals surface area contributed by atoms with Gasteiger partial charge in [-0.15, -0.1) is 0 Å². The molecule has 0 rings (SSSR count). The summed E-state index contributed by atoms with van der Waals surface area (Å²) in [4.78, 5) is 10.5. The fraction of sp³-hybridized carbons (Fsp3) is 0.571. The van der Waals surface area contributed by atoms with Crippen molar-refractivity contribution >= 4 is 6.09 Å². The monoisotopic (exact) mass is 143 g/mol. The van der Waals surface area contributed by atoms with Gasteiger partial charge in [-0.3, -0.25) is 0 Å². The molecule has 0 radical (unpaired) electrons. The van der Waals surface area contributed by atoms with Crippen molar-refractivity contribution in [2.45, 2.75) is 19.9 Å². The van der Waals surface area contributed by atoms with Crippen LogP contribution in [0.15, 0.2) is 12.2 Å². The second-order valence-corrected chi connectivity index (χ2v) is 1.95. The van der Waals surface area contributed by atoms with Crippen molar-refractivity contribution in [1.29, 1.82) is 0 Å². The Balaban J connectivity index is 3.57. The smallest absolute Gasteiger partial charge is 0.407 e. The predicted molar refractivity (Wildman–Crippen MR) is 39.8 cm³/mol. The summed E-state index contributed by atoms with van der Waals surface area (Å²) < 4.78 is 4.38. The number of nitrogens with one attached hydrogen (secondary N) is 1. The fourth-order valence-corrected chi connectivity index (χ4v) is 0.582. The van der Waals surface area contributed by atoms with E-state index in [2.05, 4.69) is 10.1 Å². The van der Waals surface area contributed by atoms with Crippen molar-refractivity contribution in [1.82, 2.24) is 5.32 Å². The zero-order valence-corrected chi connectivity index (χ0v) is 6.55. The van der Waals surface area contributed by atoms with Gasteiger partial charge in [-0.1, -0.05) is 12.2 Å². The molecule has 1 N–H and O–H groups in total. The first kappa shape index (κ1) is 9.01. The summed E-state index contributed by atoms with van der Waals surface area (Å²) in [6.45, 7) is 3.77. The zero-order valence-electron chi connectivity index (χ0n) is 6.55. The van der Waals surface area contributed by atoms with Crippen LogP contribution in [0.5, 0.6) is 0 Å². The van der Waals surface area contributed by atoms with Crippen molar-refractivity contribution in [3.63, 3.8) is 0 Å². The fourth-order valence-electron chi connectivity index (χ4n) is 0.582. The predicted octanol–water partition coefficient (Wildman–Crippen LogP) is 1.31. The third kappa shape index (κ3) is 3.95. The standard InChI is InChI=1S/C7H13NO2/c1-4-5-6(2)8-7(9)10-3/h4-6H,1-3H3,(H,8,9)/b5-4+. The summed E-state index contributed by atoms with van der Waals surface area (Å²) in [7, 11) is 1.34. The average Bonchev–Trinajstić information content (AvgIpc) is 1.88. The number of alkyl carbamates (subject to hydrolysis) is 1. The number of carbonyl (C=O) groups excluding carboxylic acids is 1. The lowest BCUT2D eigenvalue weighted by molar-refractivity contribution is 0.169. The maximum Gasteiger partial charge on any atom is 0.407 e. The summed E-state index contributed by atoms with van der Waals surface area (Å²) in [5.41, 5.74) is 0. The van der Waals surface area contributed by atoms with Gasteiger partial charge in [-0.25, -0.2) is 4.79 Å². The van der Waals surface area contributed by atoms with Crippen molar-refractivity contribution < 1.29 is 9.53 Å². The van der Waals surface area contributed by atoms with E-state index < -0.39 is 6.09 Å². The van der Waals surface area contributed by atoms with Crippen LogP contribution in [0.1, 0.15) is 13.8 Å². The number of methoxy groups -OCH3 is 1. The van der Waals surface area contributed by atoms with Gasteiger partial charge >= 0.3 is 6.09 Å². The minimum atomic E-state index is -0.398. The van der Waals surface area contributed by atoms with E-state index in [9.17, 15) is 4.79 Å². The Morgan fingerprint density at radius 2 is 2.30 bits per heavy atom. The number of allylic oxidation sites excluding steroid dienone is 1. The number of amides is 1. The van der Waals surface area contributed by atoms with E-state index in [4.69, 9.17) is 0 Å². The van der Waals surface area contributed by atoms with Crippen LogP contribution < -0.4 is 5.32 Å². The molecular weight excluding hydrogens is 130 g/mol. The van der Waals surface area contributed by atoms with Crippen molar-refractivity contribution in [2.24, 2.45) is 0 Å². The first-order valence-electron chi connectivity index (χ1n) is 3.18. The van der Waals surface area contributed by atoms with Crippen LogP contribution in [0, 0.1) is 0 Å². The molecule has 0 aromatic carbocycles. The lowest BCUT2D eigenvalue weighted by atomic mass is 10.3. The molecule has 0 aromatic heterocycles. The van der Waals surface area contributed by atoms with Crippen LogP contribution in [-0.2, 0) is 4.74 Å². The van der Waals surface area contributed by atoms with Gasteiger partial charge in [0, 0.05) is 6.04 Å². The second-order valence-electron chi connectivity index (χ2n) is 1.95. The van der Waals surface area contributed by atoms with E-state index in [0.29, 0.717) is 0 Å². The summed E-state index contributed by atoms with van der Waals surface area (Å²) in [6.07, 6.45) is 3.35. The average molecular weight is 143 g/mol. The van der Waals surface area contributed by atoms with E-state index in [-0.39, 0.29) is 6.04 Å². The topological polar surface area (TPSA) is 38.3 Å². The quantitative estimate of drug-likeness (QED) is 0.592. The zero-order chi connectivity index (χ0) is 7.98. The highest BCUT2D eigenvalue weighted by molar-refractivity contribution is 5.67. The van der Waals surface area contributed by atoms with Crippen LogP contribution >= 0.6 is 0 Å². The first-order chi connectivity index (χ1) is 4.70. The van der Waals surface area contributed by atoms with Gasteiger partial charge in [0.1, 0.15) is 0 Å². The number of hydrogen-bond acceptors (Lipinski definition) is 2. The first-order valence-corrected chi connectivity index (χ1v) is 3.18. The van der Waals surface area contributed by atoms with Gasteiger partial charge in [-0.05, 0) is 13.8 Å². The maximum absolute atomic E-state index is 10.5. The second kappa shape index (κ2) is 4.85. The van der Waals surface area contributed by atoms with Crippen molar-refractivity contribution in [3.8, 4) is 0 Å². The minimum absolute atomic E-state index is 0.0393. The summed E-state index contributed by atoms with van der Waals surface area (Å²) in [5, 5.41) is 2.58. The molecule has 0 aromatic rings. The van der Waals surface area contributed by atoms with Crippen LogP contribution in [-0.4, -0.2) is 19.2 Å². The molecule has 10 heavy (non-hydrogen) atoms. The van der Waals surface area contributed by atoms with Gasteiger partial charge in [0.2, 0.25) is 0 Å². The molecule has 0 saturated heterocycles. The van der Waals surface area contributed by atoms with Crippen LogP contribution in [0.3, 0.4) is 0 Å².